The predicted octanol–water partition coefficient (Wildman–Crippen LogP) is 2.73. The van der Waals surface area contributed by atoms with Crippen LogP contribution in [-0.2, 0) is 14.3 Å². The minimum absolute atomic E-state index is 0.395. The maximum atomic E-state index is 12.0. The Balaban J connectivity index is 1.93. The fourth-order valence-electron chi connectivity index (χ4n) is 2.15. The number of esters is 2. The standard InChI is InChI=1S/C16H14N2O4S/c1-10-12-8-13(16(20)22-9-14(19)21-2)23-15(12)18(17-10)11-6-4-3-5-7-11/h3-8H,9H2,1-2H3. The molecule has 0 bridgehead atoms. The summed E-state index contributed by atoms with van der Waals surface area (Å²) >= 11 is 1.28. The summed E-state index contributed by atoms with van der Waals surface area (Å²) in [4.78, 5) is 24.4. The van der Waals surface area contributed by atoms with E-state index in [1.165, 1.54) is 18.4 Å². The first-order valence-electron chi connectivity index (χ1n) is 6.88. The van der Waals surface area contributed by atoms with E-state index >= 15 is 0 Å². The van der Waals surface area contributed by atoms with Gasteiger partial charge in [-0.15, -0.1) is 11.3 Å². The minimum Gasteiger partial charge on any atom is -0.466 e. The van der Waals surface area contributed by atoms with Gasteiger partial charge < -0.3 is 9.47 Å². The van der Waals surface area contributed by atoms with E-state index in [1.807, 2.05) is 37.3 Å². The lowest BCUT2D eigenvalue weighted by molar-refractivity contribution is -0.144. The highest BCUT2D eigenvalue weighted by Crippen LogP contribution is 2.30. The van der Waals surface area contributed by atoms with Crippen LogP contribution < -0.4 is 0 Å². The molecule has 0 fully saturated rings. The van der Waals surface area contributed by atoms with E-state index in [0.29, 0.717) is 4.88 Å². The number of para-hydroxylation sites is 1. The highest BCUT2D eigenvalue weighted by molar-refractivity contribution is 7.20. The number of hydrogen-bond acceptors (Lipinski definition) is 6. The lowest BCUT2D eigenvalue weighted by atomic mass is 10.3. The topological polar surface area (TPSA) is 70.4 Å². The summed E-state index contributed by atoms with van der Waals surface area (Å²) in [6.07, 6.45) is 0. The average molecular weight is 330 g/mol. The summed E-state index contributed by atoms with van der Waals surface area (Å²) in [5.74, 6) is -1.14. The van der Waals surface area contributed by atoms with Gasteiger partial charge in [0.2, 0.25) is 0 Å². The predicted molar refractivity (Wildman–Crippen MR) is 86.0 cm³/mol. The van der Waals surface area contributed by atoms with Crippen LogP contribution in [-0.4, -0.2) is 35.4 Å². The van der Waals surface area contributed by atoms with Gasteiger partial charge in [-0.25, -0.2) is 14.3 Å². The first-order chi connectivity index (χ1) is 11.1. The molecule has 0 amide bonds. The summed E-state index contributed by atoms with van der Waals surface area (Å²) in [5.41, 5.74) is 1.74. The molecule has 23 heavy (non-hydrogen) atoms. The summed E-state index contributed by atoms with van der Waals surface area (Å²) in [7, 11) is 1.24. The molecule has 0 aliphatic carbocycles. The third-order valence-corrected chi connectivity index (χ3v) is 4.39. The molecule has 7 heteroatoms. The van der Waals surface area contributed by atoms with Crippen LogP contribution >= 0.6 is 11.3 Å². The Bertz CT molecular complexity index is 867. The number of aromatic nitrogens is 2. The highest BCUT2D eigenvalue weighted by atomic mass is 32.1. The number of nitrogens with zero attached hydrogens (tertiary/aromatic N) is 2. The second kappa shape index (κ2) is 6.21. The monoisotopic (exact) mass is 330 g/mol. The third-order valence-electron chi connectivity index (χ3n) is 3.30. The number of benzene rings is 1. The molecule has 0 saturated carbocycles. The molecule has 0 unspecified atom stereocenters. The molecule has 0 radical (unpaired) electrons. The second-order valence-electron chi connectivity index (χ2n) is 4.81. The Hall–Kier alpha value is -2.67. The fourth-order valence-corrected chi connectivity index (χ4v) is 3.22. The SMILES string of the molecule is COC(=O)COC(=O)c1cc2c(C)nn(-c3ccccc3)c2s1. The zero-order valence-corrected chi connectivity index (χ0v) is 13.4. The lowest BCUT2D eigenvalue weighted by Crippen LogP contribution is -2.14. The largest absolute Gasteiger partial charge is 0.466 e. The van der Waals surface area contributed by atoms with Gasteiger partial charge in [-0.3, -0.25) is 0 Å². The number of rotatable bonds is 4. The number of ether oxygens (including phenoxy) is 2. The van der Waals surface area contributed by atoms with Gasteiger partial charge in [-0.2, -0.15) is 5.10 Å². The van der Waals surface area contributed by atoms with Gasteiger partial charge in [0.1, 0.15) is 9.71 Å². The molecule has 0 N–H and O–H groups in total. The number of thiophene rings is 1. The van der Waals surface area contributed by atoms with Gasteiger partial charge in [0, 0.05) is 5.39 Å². The Morgan fingerprint density at radius 3 is 2.70 bits per heavy atom. The Morgan fingerprint density at radius 1 is 1.26 bits per heavy atom. The Kier molecular flexibility index (Phi) is 4.12. The molecule has 118 valence electrons. The molecule has 3 rings (SSSR count). The summed E-state index contributed by atoms with van der Waals surface area (Å²) < 4.78 is 11.2. The zero-order chi connectivity index (χ0) is 16.4. The van der Waals surface area contributed by atoms with Crippen LogP contribution in [0.15, 0.2) is 36.4 Å². The molecule has 1 aromatic carbocycles. The summed E-state index contributed by atoms with van der Waals surface area (Å²) in [5, 5.41) is 5.40. The quantitative estimate of drug-likeness (QED) is 0.688. The van der Waals surface area contributed by atoms with E-state index in [4.69, 9.17) is 4.74 Å². The van der Waals surface area contributed by atoms with Crippen molar-refractivity contribution in [2.24, 2.45) is 0 Å². The van der Waals surface area contributed by atoms with Crippen LogP contribution in [0.5, 0.6) is 0 Å². The van der Waals surface area contributed by atoms with Crippen LogP contribution in [0, 0.1) is 6.92 Å². The van der Waals surface area contributed by atoms with Crippen molar-refractivity contribution in [3.8, 4) is 5.69 Å². The Labute approximate surface area is 136 Å². The minimum atomic E-state index is -0.592. The van der Waals surface area contributed by atoms with E-state index < -0.39 is 18.5 Å². The van der Waals surface area contributed by atoms with Gasteiger partial charge in [-0.05, 0) is 25.1 Å². The molecule has 0 aliphatic heterocycles. The van der Waals surface area contributed by atoms with Crippen molar-refractivity contribution in [1.82, 2.24) is 9.78 Å². The van der Waals surface area contributed by atoms with Gasteiger partial charge in [0.25, 0.3) is 0 Å². The molecular weight excluding hydrogens is 316 g/mol. The molecule has 2 aromatic heterocycles. The van der Waals surface area contributed by atoms with Crippen LogP contribution in [0.3, 0.4) is 0 Å². The number of methoxy groups -OCH3 is 1. The molecule has 6 nitrogen and oxygen atoms in total. The number of fused-ring (bicyclic) bond motifs is 1. The van der Waals surface area contributed by atoms with Crippen molar-refractivity contribution >= 4 is 33.5 Å². The maximum Gasteiger partial charge on any atom is 0.348 e. The van der Waals surface area contributed by atoms with Crippen molar-refractivity contribution in [3.63, 3.8) is 0 Å². The van der Waals surface area contributed by atoms with E-state index in [0.717, 1.165) is 21.6 Å². The van der Waals surface area contributed by atoms with Crippen molar-refractivity contribution in [1.29, 1.82) is 0 Å². The molecular formula is C16H14N2O4S. The van der Waals surface area contributed by atoms with Crippen molar-refractivity contribution < 1.29 is 19.1 Å². The van der Waals surface area contributed by atoms with E-state index in [1.54, 1.807) is 10.7 Å². The number of hydrogen-bond donors (Lipinski definition) is 0. The normalized spacial score (nSPS) is 10.7. The van der Waals surface area contributed by atoms with Crippen LogP contribution in [0.4, 0.5) is 0 Å². The molecule has 0 saturated heterocycles. The van der Waals surface area contributed by atoms with Gasteiger partial charge in [-0.1, -0.05) is 18.2 Å². The molecule has 3 aromatic rings. The number of carbonyl (C=O) groups excluding carboxylic acids is 2. The Morgan fingerprint density at radius 2 is 2.00 bits per heavy atom. The maximum absolute atomic E-state index is 12.0. The van der Waals surface area contributed by atoms with E-state index in [-0.39, 0.29) is 0 Å². The molecule has 0 spiro atoms. The van der Waals surface area contributed by atoms with Crippen molar-refractivity contribution in [3.05, 3.63) is 47.0 Å². The zero-order valence-electron chi connectivity index (χ0n) is 12.6. The van der Waals surface area contributed by atoms with E-state index in [9.17, 15) is 9.59 Å². The summed E-state index contributed by atoms with van der Waals surface area (Å²) in [6.45, 7) is 1.49. The van der Waals surface area contributed by atoms with Crippen LogP contribution in [0.1, 0.15) is 15.4 Å². The van der Waals surface area contributed by atoms with E-state index in [2.05, 4.69) is 9.84 Å². The summed E-state index contributed by atoms with van der Waals surface area (Å²) in [6, 6.07) is 11.4. The molecule has 0 aliphatic rings. The van der Waals surface area contributed by atoms with Crippen molar-refractivity contribution in [2.75, 3.05) is 13.7 Å². The number of aryl methyl sites for hydroxylation is 1. The first-order valence-corrected chi connectivity index (χ1v) is 7.70. The number of carbonyl (C=O) groups is 2. The van der Waals surface area contributed by atoms with Gasteiger partial charge in [0.15, 0.2) is 6.61 Å². The second-order valence-corrected chi connectivity index (χ2v) is 5.85. The third kappa shape index (κ3) is 2.95. The lowest BCUT2D eigenvalue weighted by Gasteiger charge is -2.02. The van der Waals surface area contributed by atoms with Crippen molar-refractivity contribution in [2.45, 2.75) is 6.92 Å². The van der Waals surface area contributed by atoms with Crippen LogP contribution in [0.25, 0.3) is 15.9 Å². The first kappa shape index (κ1) is 15.2. The fraction of sp³-hybridized carbons (Fsp3) is 0.188. The highest BCUT2D eigenvalue weighted by Gasteiger charge is 2.18. The molecule has 2 heterocycles. The van der Waals surface area contributed by atoms with Gasteiger partial charge in [0.05, 0.1) is 18.5 Å². The smallest absolute Gasteiger partial charge is 0.348 e. The molecule has 0 atom stereocenters. The average Bonchev–Trinajstić information content (AvgIpc) is 3.14. The van der Waals surface area contributed by atoms with Gasteiger partial charge >= 0.3 is 11.9 Å². The van der Waals surface area contributed by atoms with Crippen LogP contribution in [0.2, 0.25) is 0 Å².